The van der Waals surface area contributed by atoms with E-state index in [2.05, 4.69) is 4.98 Å². The van der Waals surface area contributed by atoms with Crippen molar-refractivity contribution in [1.82, 2.24) is 9.29 Å². The number of aromatic amines is 1. The number of hydrogen-bond acceptors (Lipinski definition) is 4. The van der Waals surface area contributed by atoms with Crippen molar-refractivity contribution in [2.75, 3.05) is 13.2 Å². The van der Waals surface area contributed by atoms with E-state index < -0.39 is 22.7 Å². The molecule has 0 saturated heterocycles. The van der Waals surface area contributed by atoms with Gasteiger partial charge in [0.05, 0.1) is 17.6 Å². The molecule has 3 aromatic rings. The largest absolute Gasteiger partial charge is 0.394 e. The van der Waals surface area contributed by atoms with E-state index >= 15 is 0 Å². The molecular weight excluding hydrogens is 359 g/mol. The van der Waals surface area contributed by atoms with Gasteiger partial charge < -0.3 is 15.2 Å². The van der Waals surface area contributed by atoms with Crippen LogP contribution in [0.4, 0.5) is 4.39 Å². The molecule has 0 bridgehead atoms. The normalized spacial score (nSPS) is 17.5. The lowest BCUT2D eigenvalue weighted by Crippen LogP contribution is -2.34. The number of fused-ring (bicyclic) bond motifs is 2. The number of H-pyrrole nitrogens is 1. The first-order chi connectivity index (χ1) is 12.4. The van der Waals surface area contributed by atoms with Gasteiger partial charge >= 0.3 is 0 Å². The molecule has 1 aliphatic heterocycles. The minimum atomic E-state index is -3.68. The van der Waals surface area contributed by atoms with Gasteiger partial charge in [0, 0.05) is 35.8 Å². The van der Waals surface area contributed by atoms with E-state index in [1.54, 1.807) is 30.5 Å². The lowest BCUT2D eigenvalue weighted by molar-refractivity contribution is 0.0785. The molecule has 0 fully saturated rings. The van der Waals surface area contributed by atoms with Crippen LogP contribution >= 0.6 is 0 Å². The quantitative estimate of drug-likeness (QED) is 0.648. The first-order valence-electron chi connectivity index (χ1n) is 8.09. The molecule has 0 spiro atoms. The Labute approximate surface area is 149 Å². The number of benzene rings is 2. The van der Waals surface area contributed by atoms with Crippen LogP contribution in [0.1, 0.15) is 5.56 Å². The van der Waals surface area contributed by atoms with Crippen molar-refractivity contribution < 1.29 is 23.0 Å². The predicted octanol–water partition coefficient (Wildman–Crippen LogP) is 1.83. The number of β-amino-alcohol motifs (C(OH)–C–C–N with tert-alkyl or cyclic N) is 1. The summed E-state index contributed by atoms with van der Waals surface area (Å²) in [7, 11) is -3.68. The van der Waals surface area contributed by atoms with E-state index in [-0.39, 0.29) is 23.8 Å². The van der Waals surface area contributed by atoms with Crippen molar-refractivity contribution >= 4 is 20.9 Å². The molecule has 0 radical (unpaired) electrons. The lowest BCUT2D eigenvalue weighted by atomic mass is 10.0. The van der Waals surface area contributed by atoms with Crippen LogP contribution in [-0.4, -0.2) is 47.2 Å². The molecule has 0 unspecified atom stereocenters. The van der Waals surface area contributed by atoms with Gasteiger partial charge in [-0.3, -0.25) is 0 Å². The zero-order valence-corrected chi connectivity index (χ0v) is 14.5. The fraction of sp³-hybridized carbons (Fsp3) is 0.222. The third-order valence-electron chi connectivity index (χ3n) is 4.60. The van der Waals surface area contributed by atoms with Crippen LogP contribution in [0.5, 0.6) is 0 Å². The maximum absolute atomic E-state index is 13.4. The number of sulfonamides is 1. The fourth-order valence-electron chi connectivity index (χ4n) is 3.33. The summed E-state index contributed by atoms with van der Waals surface area (Å²) in [4.78, 5) is 3.23. The molecule has 1 aromatic heterocycles. The highest BCUT2D eigenvalue weighted by Gasteiger charge is 2.35. The number of nitrogens with one attached hydrogen (secondary N) is 1. The van der Waals surface area contributed by atoms with Gasteiger partial charge in [0.15, 0.2) is 0 Å². The second kappa shape index (κ2) is 6.17. The molecule has 136 valence electrons. The Morgan fingerprint density at radius 1 is 1.23 bits per heavy atom. The number of nitrogens with zero attached hydrogens (tertiary/aromatic N) is 1. The van der Waals surface area contributed by atoms with Gasteiger partial charge in [-0.2, -0.15) is 4.31 Å². The Bertz CT molecular complexity index is 1090. The van der Waals surface area contributed by atoms with Crippen LogP contribution in [-0.2, 0) is 16.6 Å². The van der Waals surface area contributed by atoms with E-state index in [4.69, 9.17) is 5.11 Å². The highest BCUT2D eigenvalue weighted by Crippen LogP contribution is 2.36. The van der Waals surface area contributed by atoms with Crippen LogP contribution in [0.2, 0.25) is 0 Å². The van der Waals surface area contributed by atoms with Gasteiger partial charge in [0.25, 0.3) is 0 Å². The summed E-state index contributed by atoms with van der Waals surface area (Å²) in [5.74, 6) is -0.330. The topological polar surface area (TPSA) is 93.6 Å². The minimum Gasteiger partial charge on any atom is -0.394 e. The zero-order valence-electron chi connectivity index (χ0n) is 13.7. The van der Waals surface area contributed by atoms with Gasteiger partial charge in [-0.25, -0.2) is 12.8 Å². The summed E-state index contributed by atoms with van der Waals surface area (Å²) in [5.41, 5.74) is 2.97. The summed E-state index contributed by atoms with van der Waals surface area (Å²) in [6.45, 7) is -0.520. The summed E-state index contributed by atoms with van der Waals surface area (Å²) < 4.78 is 39.7. The van der Waals surface area contributed by atoms with Crippen molar-refractivity contribution in [2.24, 2.45) is 0 Å². The van der Waals surface area contributed by atoms with E-state index in [0.29, 0.717) is 11.1 Å². The number of aliphatic hydroxyl groups excluding tert-OH is 2. The molecule has 1 aliphatic rings. The molecule has 2 aromatic carbocycles. The van der Waals surface area contributed by atoms with E-state index in [1.807, 2.05) is 0 Å². The summed E-state index contributed by atoms with van der Waals surface area (Å²) >= 11 is 0. The molecule has 8 heteroatoms. The lowest BCUT2D eigenvalue weighted by Gasteiger charge is -2.17. The molecule has 26 heavy (non-hydrogen) atoms. The number of aromatic nitrogens is 1. The molecular formula is C18H17FN2O4S. The zero-order chi connectivity index (χ0) is 18.5. The standard InChI is InChI=1S/C18H17FN2O4S/c19-13-2-3-15-16(7-20-17(15)6-13)11-1-4-18-12(5-11)8-21(26(18,24)25)9-14(23)10-22/h1-7,14,20,22-23H,8-10H2/t14-/m0/s1. The monoisotopic (exact) mass is 376 g/mol. The molecule has 4 rings (SSSR count). The molecule has 3 N–H and O–H groups in total. The van der Waals surface area contributed by atoms with Gasteiger partial charge in [0.1, 0.15) is 5.82 Å². The van der Waals surface area contributed by atoms with E-state index in [9.17, 15) is 17.9 Å². The maximum atomic E-state index is 13.4. The Morgan fingerprint density at radius 3 is 2.81 bits per heavy atom. The minimum absolute atomic E-state index is 0.138. The van der Waals surface area contributed by atoms with Crippen molar-refractivity contribution in [1.29, 1.82) is 0 Å². The summed E-state index contributed by atoms with van der Waals surface area (Å²) in [5, 5.41) is 19.4. The first kappa shape index (κ1) is 17.2. The van der Waals surface area contributed by atoms with Gasteiger partial charge in [0.2, 0.25) is 10.0 Å². The third-order valence-corrected chi connectivity index (χ3v) is 6.52. The number of halogens is 1. The van der Waals surface area contributed by atoms with Crippen LogP contribution in [0.3, 0.4) is 0 Å². The average Bonchev–Trinajstić information content (AvgIpc) is 3.13. The van der Waals surface area contributed by atoms with Gasteiger partial charge in [-0.05, 0) is 41.5 Å². The first-order valence-corrected chi connectivity index (χ1v) is 9.53. The molecule has 0 aliphatic carbocycles. The molecule has 0 saturated carbocycles. The van der Waals surface area contributed by atoms with Crippen LogP contribution in [0.25, 0.3) is 22.0 Å². The van der Waals surface area contributed by atoms with Gasteiger partial charge in [-0.15, -0.1) is 0 Å². The Hall–Kier alpha value is -2.26. The summed E-state index contributed by atoms with van der Waals surface area (Å²) in [6, 6.07) is 9.54. The Kier molecular flexibility index (Phi) is 4.07. The van der Waals surface area contributed by atoms with Crippen LogP contribution < -0.4 is 0 Å². The maximum Gasteiger partial charge on any atom is 0.243 e. The van der Waals surface area contributed by atoms with Crippen molar-refractivity contribution in [3.8, 4) is 11.1 Å². The Balaban J connectivity index is 1.74. The van der Waals surface area contributed by atoms with E-state index in [0.717, 1.165) is 20.8 Å². The second-order valence-electron chi connectivity index (χ2n) is 6.35. The highest BCUT2D eigenvalue weighted by molar-refractivity contribution is 7.89. The average molecular weight is 376 g/mol. The number of rotatable bonds is 4. The number of aliphatic hydroxyl groups is 2. The van der Waals surface area contributed by atoms with Crippen LogP contribution in [0.15, 0.2) is 47.5 Å². The van der Waals surface area contributed by atoms with Gasteiger partial charge in [-0.1, -0.05) is 6.07 Å². The van der Waals surface area contributed by atoms with Crippen molar-refractivity contribution in [3.63, 3.8) is 0 Å². The second-order valence-corrected chi connectivity index (χ2v) is 8.26. The molecule has 6 nitrogen and oxygen atoms in total. The third kappa shape index (κ3) is 2.71. The van der Waals surface area contributed by atoms with Crippen LogP contribution in [0, 0.1) is 5.82 Å². The molecule has 1 atom stereocenters. The van der Waals surface area contributed by atoms with E-state index in [1.165, 1.54) is 12.1 Å². The Morgan fingerprint density at radius 2 is 2.04 bits per heavy atom. The highest BCUT2D eigenvalue weighted by atomic mass is 32.2. The summed E-state index contributed by atoms with van der Waals surface area (Å²) in [6.07, 6.45) is 0.643. The fourth-order valence-corrected chi connectivity index (χ4v) is 4.98. The molecule has 2 heterocycles. The smallest absolute Gasteiger partial charge is 0.243 e. The SMILES string of the molecule is O=S1(=O)c2ccc(-c3c[nH]c4cc(F)ccc34)cc2CN1C[C@H](O)CO. The number of hydrogen-bond donors (Lipinski definition) is 3. The van der Waals surface area contributed by atoms with Crippen molar-refractivity contribution in [2.45, 2.75) is 17.5 Å². The van der Waals surface area contributed by atoms with Crippen molar-refractivity contribution in [3.05, 3.63) is 54.0 Å². The molecule has 0 amide bonds. The predicted molar refractivity (Wildman–Crippen MR) is 94.4 cm³/mol.